The summed E-state index contributed by atoms with van der Waals surface area (Å²) in [5, 5.41) is 7.32. The first kappa shape index (κ1) is 22.0. The normalized spacial score (nSPS) is 16.4. The molecular formula is C22H24F3N5O2. The number of nitrogens with zero attached hydrogens (tertiary/aromatic N) is 4. The van der Waals surface area contributed by atoms with Gasteiger partial charge in [-0.2, -0.15) is 18.3 Å². The number of nitrogens with one attached hydrogen (secondary N) is 1. The number of carbonyl (C=O) groups is 1. The van der Waals surface area contributed by atoms with Gasteiger partial charge in [-0.15, -0.1) is 0 Å². The molecule has 1 aromatic carbocycles. The monoisotopic (exact) mass is 447 g/mol. The zero-order valence-electron chi connectivity index (χ0n) is 18.0. The lowest BCUT2D eigenvalue weighted by Crippen LogP contribution is -2.41. The van der Waals surface area contributed by atoms with Crippen molar-refractivity contribution in [1.82, 2.24) is 24.6 Å². The van der Waals surface area contributed by atoms with Crippen LogP contribution in [0.25, 0.3) is 10.9 Å². The number of carbonyl (C=O) groups excluding carboxylic acids is 1. The number of rotatable bonds is 4. The highest BCUT2D eigenvalue weighted by Crippen LogP contribution is 2.31. The van der Waals surface area contributed by atoms with Gasteiger partial charge in [0.1, 0.15) is 11.5 Å². The predicted octanol–water partition coefficient (Wildman–Crippen LogP) is 3.17. The first-order valence-corrected chi connectivity index (χ1v) is 10.5. The SMILES string of the molecule is Cc1ncc2n1CCC(NC(=O)Cc1nn(C(C)C)c3cc(C(F)(F)F)ccc3c1=O)C2. The smallest absolute Gasteiger partial charge is 0.353 e. The van der Waals surface area contributed by atoms with Crippen LogP contribution in [0.3, 0.4) is 0 Å². The highest BCUT2D eigenvalue weighted by molar-refractivity contribution is 5.82. The molecule has 2 aromatic heterocycles. The van der Waals surface area contributed by atoms with Crippen LogP contribution in [0.5, 0.6) is 0 Å². The second-order valence-corrected chi connectivity index (χ2v) is 8.43. The van der Waals surface area contributed by atoms with E-state index in [0.717, 1.165) is 42.7 Å². The highest BCUT2D eigenvalue weighted by Gasteiger charge is 2.31. The van der Waals surface area contributed by atoms with Gasteiger partial charge in [-0.3, -0.25) is 14.3 Å². The lowest BCUT2D eigenvalue weighted by Gasteiger charge is -2.25. The number of hydrogen-bond donors (Lipinski definition) is 1. The Hall–Kier alpha value is -3.17. The Morgan fingerprint density at radius 2 is 2.06 bits per heavy atom. The summed E-state index contributed by atoms with van der Waals surface area (Å²) in [6, 6.07) is 2.60. The van der Waals surface area contributed by atoms with E-state index in [2.05, 4.69) is 20.0 Å². The number of alkyl halides is 3. The third-order valence-corrected chi connectivity index (χ3v) is 5.78. The maximum absolute atomic E-state index is 13.2. The van der Waals surface area contributed by atoms with Gasteiger partial charge in [0.25, 0.3) is 0 Å². The van der Waals surface area contributed by atoms with Crippen molar-refractivity contribution in [2.45, 2.75) is 64.8 Å². The molecule has 1 N–H and O–H groups in total. The second kappa shape index (κ2) is 8.07. The summed E-state index contributed by atoms with van der Waals surface area (Å²) in [6.07, 6.45) is -1.57. The summed E-state index contributed by atoms with van der Waals surface area (Å²) < 4.78 is 42.9. The van der Waals surface area contributed by atoms with Gasteiger partial charge >= 0.3 is 6.18 Å². The minimum Gasteiger partial charge on any atom is -0.353 e. The van der Waals surface area contributed by atoms with Crippen LogP contribution in [0.4, 0.5) is 13.2 Å². The molecule has 1 aliphatic rings. The maximum Gasteiger partial charge on any atom is 0.416 e. The van der Waals surface area contributed by atoms with Crippen LogP contribution in [0.2, 0.25) is 0 Å². The van der Waals surface area contributed by atoms with Crippen molar-refractivity contribution < 1.29 is 18.0 Å². The molecule has 0 saturated carbocycles. The molecule has 32 heavy (non-hydrogen) atoms. The minimum absolute atomic E-state index is 0.0140. The minimum atomic E-state index is -4.53. The molecule has 1 unspecified atom stereocenters. The van der Waals surface area contributed by atoms with Crippen molar-refractivity contribution in [3.05, 3.63) is 57.4 Å². The molecule has 3 aromatic rings. The molecule has 0 radical (unpaired) electrons. The lowest BCUT2D eigenvalue weighted by molar-refractivity contribution is -0.137. The molecule has 1 amide bonds. The van der Waals surface area contributed by atoms with Crippen molar-refractivity contribution in [3.8, 4) is 0 Å². The molecule has 0 fully saturated rings. The molecule has 0 spiro atoms. The lowest BCUT2D eigenvalue weighted by atomic mass is 10.0. The fraction of sp³-hybridized carbons (Fsp3) is 0.455. The molecule has 10 heteroatoms. The Bertz CT molecular complexity index is 1240. The average Bonchev–Trinajstić information content (AvgIpc) is 3.09. The molecule has 0 aliphatic carbocycles. The van der Waals surface area contributed by atoms with E-state index in [1.807, 2.05) is 6.92 Å². The van der Waals surface area contributed by atoms with E-state index >= 15 is 0 Å². The third kappa shape index (κ3) is 4.13. The largest absolute Gasteiger partial charge is 0.416 e. The van der Waals surface area contributed by atoms with E-state index in [-0.39, 0.29) is 41.0 Å². The fourth-order valence-electron chi connectivity index (χ4n) is 4.16. The van der Waals surface area contributed by atoms with Gasteiger partial charge in [0.05, 0.1) is 17.5 Å². The zero-order valence-corrected chi connectivity index (χ0v) is 18.0. The van der Waals surface area contributed by atoms with Crippen LogP contribution >= 0.6 is 0 Å². The molecule has 3 heterocycles. The van der Waals surface area contributed by atoms with Crippen LogP contribution in [0.15, 0.2) is 29.2 Å². The molecule has 1 atom stereocenters. The van der Waals surface area contributed by atoms with Gasteiger partial charge in [0.2, 0.25) is 11.3 Å². The summed E-state index contributed by atoms with van der Waals surface area (Å²) in [5.74, 6) is 0.596. The Morgan fingerprint density at radius 3 is 2.75 bits per heavy atom. The Balaban J connectivity index is 1.59. The average molecular weight is 447 g/mol. The quantitative estimate of drug-likeness (QED) is 0.666. The van der Waals surface area contributed by atoms with E-state index in [1.165, 1.54) is 4.68 Å². The van der Waals surface area contributed by atoms with Crippen molar-refractivity contribution in [1.29, 1.82) is 0 Å². The van der Waals surface area contributed by atoms with Crippen LogP contribution < -0.4 is 10.7 Å². The summed E-state index contributed by atoms with van der Waals surface area (Å²) in [6.45, 7) is 6.20. The van der Waals surface area contributed by atoms with E-state index in [0.29, 0.717) is 6.42 Å². The summed E-state index contributed by atoms with van der Waals surface area (Å²) in [7, 11) is 0. The molecule has 0 saturated heterocycles. The van der Waals surface area contributed by atoms with E-state index in [4.69, 9.17) is 0 Å². The van der Waals surface area contributed by atoms with E-state index in [9.17, 15) is 22.8 Å². The number of hydrogen-bond acceptors (Lipinski definition) is 4. The van der Waals surface area contributed by atoms with Crippen molar-refractivity contribution >= 4 is 16.8 Å². The number of aromatic nitrogens is 4. The molecule has 1 aliphatic heterocycles. The number of amides is 1. The van der Waals surface area contributed by atoms with E-state index < -0.39 is 17.2 Å². The number of aryl methyl sites for hydroxylation is 1. The van der Waals surface area contributed by atoms with Gasteiger partial charge in [-0.05, 0) is 45.4 Å². The van der Waals surface area contributed by atoms with Crippen molar-refractivity contribution in [2.75, 3.05) is 0 Å². The second-order valence-electron chi connectivity index (χ2n) is 8.43. The van der Waals surface area contributed by atoms with Crippen molar-refractivity contribution in [3.63, 3.8) is 0 Å². The third-order valence-electron chi connectivity index (χ3n) is 5.78. The topological polar surface area (TPSA) is 81.8 Å². The van der Waals surface area contributed by atoms with Crippen molar-refractivity contribution in [2.24, 2.45) is 0 Å². The Labute approximate surface area is 182 Å². The summed E-state index contributed by atoms with van der Waals surface area (Å²) in [5.41, 5.74) is -0.221. The molecule has 4 rings (SSSR count). The first-order valence-electron chi connectivity index (χ1n) is 10.5. The predicted molar refractivity (Wildman–Crippen MR) is 112 cm³/mol. The zero-order chi connectivity index (χ0) is 23.2. The van der Waals surface area contributed by atoms with Gasteiger partial charge < -0.3 is 9.88 Å². The van der Waals surface area contributed by atoms with Crippen LogP contribution in [-0.2, 0) is 30.4 Å². The Morgan fingerprint density at radius 1 is 1.31 bits per heavy atom. The van der Waals surface area contributed by atoms with Crippen LogP contribution in [-0.4, -0.2) is 31.3 Å². The molecular weight excluding hydrogens is 423 g/mol. The summed E-state index contributed by atoms with van der Waals surface area (Å²) in [4.78, 5) is 29.9. The maximum atomic E-state index is 13.2. The van der Waals surface area contributed by atoms with Crippen LogP contribution in [0.1, 0.15) is 49.1 Å². The molecule has 0 bridgehead atoms. The van der Waals surface area contributed by atoms with Gasteiger partial charge in [-0.1, -0.05) is 0 Å². The molecule has 170 valence electrons. The number of fused-ring (bicyclic) bond motifs is 2. The first-order chi connectivity index (χ1) is 15.0. The molecule has 7 nitrogen and oxygen atoms in total. The highest BCUT2D eigenvalue weighted by atomic mass is 19.4. The van der Waals surface area contributed by atoms with Gasteiger partial charge in [0, 0.05) is 42.3 Å². The summed E-state index contributed by atoms with van der Waals surface area (Å²) >= 11 is 0. The standard InChI is InChI=1S/C22H24F3N5O2/c1-12(2)30-19-8-14(22(23,24)25)4-5-17(19)21(32)18(28-30)10-20(31)27-15-6-7-29-13(3)26-11-16(29)9-15/h4-5,8,11-12,15H,6-7,9-10H2,1-3H3,(H,27,31). The Kier molecular flexibility index (Phi) is 5.56. The number of halogens is 3. The number of benzene rings is 1. The number of imidazole rings is 1. The van der Waals surface area contributed by atoms with E-state index in [1.54, 1.807) is 20.0 Å². The fourth-order valence-corrected chi connectivity index (χ4v) is 4.16. The van der Waals surface area contributed by atoms with Gasteiger partial charge in [0.15, 0.2) is 0 Å². The van der Waals surface area contributed by atoms with Crippen LogP contribution in [0, 0.1) is 6.92 Å². The van der Waals surface area contributed by atoms with Gasteiger partial charge in [-0.25, -0.2) is 4.98 Å².